The van der Waals surface area contributed by atoms with Crippen LogP contribution in [0.5, 0.6) is 0 Å². The fraction of sp³-hybridized carbons (Fsp3) is 0.455. The van der Waals surface area contributed by atoms with Gasteiger partial charge in [-0.1, -0.05) is 13.3 Å². The van der Waals surface area contributed by atoms with E-state index in [0.717, 1.165) is 23.0 Å². The summed E-state index contributed by atoms with van der Waals surface area (Å²) in [7, 11) is 0. The molecule has 0 aliphatic heterocycles. The summed E-state index contributed by atoms with van der Waals surface area (Å²) in [4.78, 5) is 15.7. The Morgan fingerprint density at radius 1 is 1.60 bits per heavy atom. The van der Waals surface area contributed by atoms with Crippen LogP contribution in [0.25, 0.3) is 0 Å². The molecular weight excluding hydrogens is 256 g/mol. The van der Waals surface area contributed by atoms with E-state index in [1.54, 1.807) is 6.20 Å². The Morgan fingerprint density at radius 2 is 2.33 bits per heavy atom. The Bertz CT molecular complexity index is 324. The van der Waals surface area contributed by atoms with Crippen molar-refractivity contribution >= 4 is 21.7 Å². The van der Waals surface area contributed by atoms with Gasteiger partial charge in [-0.15, -0.1) is 0 Å². The van der Waals surface area contributed by atoms with Gasteiger partial charge in [-0.05, 0) is 34.5 Å². The number of rotatable bonds is 5. The van der Waals surface area contributed by atoms with Gasteiger partial charge < -0.3 is 5.73 Å². The molecule has 15 heavy (non-hydrogen) atoms. The van der Waals surface area contributed by atoms with Crippen LogP contribution in [-0.2, 0) is 11.2 Å². The van der Waals surface area contributed by atoms with E-state index in [4.69, 9.17) is 5.73 Å². The zero-order valence-electron chi connectivity index (χ0n) is 8.74. The van der Waals surface area contributed by atoms with E-state index in [9.17, 15) is 4.79 Å². The predicted octanol–water partition coefficient (Wildman–Crippen LogP) is 2.08. The van der Waals surface area contributed by atoms with Crippen molar-refractivity contribution in [1.82, 2.24) is 4.98 Å². The third-order valence-corrected chi connectivity index (χ3v) is 2.63. The molecule has 0 aliphatic rings. The lowest BCUT2D eigenvalue weighted by Crippen LogP contribution is -2.31. The second-order valence-electron chi connectivity index (χ2n) is 3.51. The normalized spacial score (nSPS) is 12.5. The maximum atomic E-state index is 11.6. The molecule has 0 aromatic carbocycles. The molecule has 0 fully saturated rings. The van der Waals surface area contributed by atoms with E-state index in [1.807, 2.05) is 19.1 Å². The maximum absolute atomic E-state index is 11.6. The number of halogens is 1. The molecule has 1 rings (SSSR count). The maximum Gasteiger partial charge on any atom is 0.155 e. The lowest BCUT2D eigenvalue weighted by molar-refractivity contribution is -0.119. The number of Topliss-reactive ketones (excluding diaryl/α,β-unsaturated/α-hetero) is 1. The van der Waals surface area contributed by atoms with Crippen LogP contribution in [0.4, 0.5) is 0 Å². The molecule has 1 aromatic rings. The number of aromatic nitrogens is 1. The van der Waals surface area contributed by atoms with Gasteiger partial charge in [0.05, 0.1) is 12.5 Å². The first-order valence-corrected chi connectivity index (χ1v) is 5.81. The van der Waals surface area contributed by atoms with Crippen LogP contribution >= 0.6 is 15.9 Å². The molecule has 0 aliphatic carbocycles. The van der Waals surface area contributed by atoms with Crippen LogP contribution in [0.3, 0.4) is 0 Å². The smallest absolute Gasteiger partial charge is 0.155 e. The summed E-state index contributed by atoms with van der Waals surface area (Å²) in [5.41, 5.74) is 6.49. The first kappa shape index (κ1) is 12.3. The molecule has 0 radical (unpaired) electrons. The minimum absolute atomic E-state index is 0.0617. The first-order chi connectivity index (χ1) is 7.13. The summed E-state index contributed by atoms with van der Waals surface area (Å²) in [6.07, 6.45) is 3.69. The highest BCUT2D eigenvalue weighted by atomic mass is 79.9. The number of nitrogens with two attached hydrogens (primary N) is 1. The van der Waals surface area contributed by atoms with E-state index < -0.39 is 0 Å². The molecule has 1 unspecified atom stereocenters. The zero-order chi connectivity index (χ0) is 11.3. The lowest BCUT2D eigenvalue weighted by atomic mass is 10.0. The lowest BCUT2D eigenvalue weighted by Gasteiger charge is -2.08. The molecule has 82 valence electrons. The van der Waals surface area contributed by atoms with Crippen LogP contribution in [-0.4, -0.2) is 16.8 Å². The molecule has 4 heteroatoms. The summed E-state index contributed by atoms with van der Waals surface area (Å²) in [6, 6.07) is 3.36. The van der Waals surface area contributed by atoms with Gasteiger partial charge in [-0.3, -0.25) is 9.78 Å². The zero-order valence-corrected chi connectivity index (χ0v) is 10.3. The quantitative estimate of drug-likeness (QED) is 0.892. The highest BCUT2D eigenvalue weighted by molar-refractivity contribution is 9.10. The topological polar surface area (TPSA) is 56.0 Å². The summed E-state index contributed by atoms with van der Waals surface area (Å²) < 4.78 is 0.913. The van der Waals surface area contributed by atoms with Gasteiger partial charge in [0, 0.05) is 16.4 Å². The molecule has 0 amide bonds. The standard InChI is InChI=1S/C11H15BrN2O/c1-2-3-10(13)11(15)6-9-5-4-8(12)7-14-9/h4-5,7,10H,2-3,6,13H2,1H3. The number of carbonyl (C=O) groups excluding carboxylic acids is 1. The highest BCUT2D eigenvalue weighted by Gasteiger charge is 2.13. The van der Waals surface area contributed by atoms with Gasteiger partial charge >= 0.3 is 0 Å². The van der Waals surface area contributed by atoms with Crippen molar-refractivity contribution < 1.29 is 4.79 Å². The number of ketones is 1. The van der Waals surface area contributed by atoms with Crippen molar-refractivity contribution in [2.45, 2.75) is 32.2 Å². The van der Waals surface area contributed by atoms with E-state index in [2.05, 4.69) is 20.9 Å². The Labute approximate surface area is 98.2 Å². The van der Waals surface area contributed by atoms with E-state index >= 15 is 0 Å². The van der Waals surface area contributed by atoms with Gasteiger partial charge in [-0.25, -0.2) is 0 Å². The van der Waals surface area contributed by atoms with Crippen LogP contribution in [0, 0.1) is 0 Å². The molecule has 0 saturated carbocycles. The van der Waals surface area contributed by atoms with E-state index in [-0.39, 0.29) is 11.8 Å². The van der Waals surface area contributed by atoms with Crippen LogP contribution < -0.4 is 5.73 Å². The minimum Gasteiger partial charge on any atom is -0.321 e. The third-order valence-electron chi connectivity index (χ3n) is 2.16. The monoisotopic (exact) mass is 270 g/mol. The Hall–Kier alpha value is -0.740. The van der Waals surface area contributed by atoms with Crippen molar-refractivity contribution in [3.63, 3.8) is 0 Å². The van der Waals surface area contributed by atoms with Crippen LogP contribution in [0.15, 0.2) is 22.8 Å². The number of carbonyl (C=O) groups is 1. The molecule has 0 spiro atoms. The summed E-state index contributed by atoms with van der Waals surface area (Å²) in [6.45, 7) is 2.02. The van der Waals surface area contributed by atoms with E-state index in [0.29, 0.717) is 6.42 Å². The van der Waals surface area contributed by atoms with Gasteiger partial charge in [0.2, 0.25) is 0 Å². The Balaban J connectivity index is 2.54. The molecule has 3 nitrogen and oxygen atoms in total. The average molecular weight is 271 g/mol. The molecule has 0 bridgehead atoms. The molecule has 1 atom stereocenters. The Kier molecular flexibility index (Phi) is 4.91. The second kappa shape index (κ2) is 5.98. The predicted molar refractivity (Wildman–Crippen MR) is 63.5 cm³/mol. The summed E-state index contributed by atoms with van der Waals surface area (Å²) >= 11 is 3.29. The fourth-order valence-corrected chi connectivity index (χ4v) is 1.53. The van der Waals surface area contributed by atoms with Crippen LogP contribution in [0.1, 0.15) is 25.5 Å². The molecule has 2 N–H and O–H groups in total. The number of hydrogen-bond donors (Lipinski definition) is 1. The van der Waals surface area contributed by atoms with Crippen molar-refractivity contribution in [3.05, 3.63) is 28.5 Å². The SMILES string of the molecule is CCCC(N)C(=O)Cc1ccc(Br)cn1. The summed E-state index contributed by atoms with van der Waals surface area (Å²) in [5.74, 6) is 0.0617. The van der Waals surface area contributed by atoms with Gasteiger partial charge in [0.15, 0.2) is 5.78 Å². The Morgan fingerprint density at radius 3 is 2.87 bits per heavy atom. The number of nitrogens with zero attached hydrogens (tertiary/aromatic N) is 1. The van der Waals surface area contributed by atoms with Crippen LogP contribution in [0.2, 0.25) is 0 Å². The number of pyridine rings is 1. The first-order valence-electron chi connectivity index (χ1n) is 5.02. The minimum atomic E-state index is -0.347. The van der Waals surface area contributed by atoms with Crippen molar-refractivity contribution in [1.29, 1.82) is 0 Å². The van der Waals surface area contributed by atoms with Gasteiger partial charge in [0.1, 0.15) is 0 Å². The molecule has 0 saturated heterocycles. The van der Waals surface area contributed by atoms with Gasteiger partial charge in [-0.2, -0.15) is 0 Å². The van der Waals surface area contributed by atoms with Crippen molar-refractivity contribution in [2.24, 2.45) is 5.73 Å². The van der Waals surface area contributed by atoms with Crippen molar-refractivity contribution in [2.75, 3.05) is 0 Å². The molecule has 1 heterocycles. The fourth-order valence-electron chi connectivity index (χ4n) is 1.29. The average Bonchev–Trinajstić information content (AvgIpc) is 2.22. The summed E-state index contributed by atoms with van der Waals surface area (Å²) in [5, 5.41) is 0. The van der Waals surface area contributed by atoms with E-state index in [1.165, 1.54) is 0 Å². The molecular formula is C11H15BrN2O. The largest absolute Gasteiger partial charge is 0.321 e. The second-order valence-corrected chi connectivity index (χ2v) is 4.42. The molecule has 1 aromatic heterocycles. The van der Waals surface area contributed by atoms with Crippen molar-refractivity contribution in [3.8, 4) is 0 Å². The third kappa shape index (κ3) is 4.10. The highest BCUT2D eigenvalue weighted by Crippen LogP contribution is 2.08. The number of hydrogen-bond acceptors (Lipinski definition) is 3. The van der Waals surface area contributed by atoms with Gasteiger partial charge in [0.25, 0.3) is 0 Å².